The minimum atomic E-state index is -0.546. The van der Waals surface area contributed by atoms with Gasteiger partial charge in [-0.1, -0.05) is 37.2 Å². The van der Waals surface area contributed by atoms with E-state index in [2.05, 4.69) is 39.4 Å². The third-order valence-electron chi connectivity index (χ3n) is 4.73. The van der Waals surface area contributed by atoms with E-state index >= 15 is 0 Å². The summed E-state index contributed by atoms with van der Waals surface area (Å²) in [4.78, 5) is 9.29. The van der Waals surface area contributed by atoms with Gasteiger partial charge in [-0.15, -0.1) is 5.10 Å². The lowest BCUT2D eigenvalue weighted by atomic mass is 10.1. The van der Waals surface area contributed by atoms with Crippen LogP contribution in [0.5, 0.6) is 0 Å². The molecule has 0 radical (unpaired) electrons. The van der Waals surface area contributed by atoms with Gasteiger partial charge in [-0.05, 0) is 31.6 Å². The Morgan fingerprint density at radius 3 is 2.77 bits per heavy atom. The molecule has 2 aromatic heterocycles. The van der Waals surface area contributed by atoms with Crippen molar-refractivity contribution in [1.82, 2.24) is 25.0 Å². The van der Waals surface area contributed by atoms with E-state index in [1.807, 2.05) is 0 Å². The van der Waals surface area contributed by atoms with Crippen LogP contribution in [0.2, 0.25) is 0 Å². The maximum atomic E-state index is 10.4. The molecule has 26 heavy (non-hydrogen) atoms. The monoisotopic (exact) mass is 380 g/mol. The molecule has 8 nitrogen and oxygen atoms in total. The smallest absolute Gasteiger partial charge is 0.191 e. The molecule has 2 heterocycles. The summed E-state index contributed by atoms with van der Waals surface area (Å²) >= 11 is 1.62. The number of fused-ring (bicyclic) bond motifs is 1. The number of nitrogens with zero attached hydrogens (tertiary/aromatic N) is 5. The van der Waals surface area contributed by atoms with Crippen LogP contribution < -0.4 is 5.32 Å². The standard InChI is InChI=1S/C17H28N6O2S/c1-3-5-6-18-15-14-16(20-17(19-15)26-7-4-2)23(22-21-14)12-8-11(10-24)9-13(12)25/h11-13,24-25H,3-10H2,1-2H3,(H,18,19,20)/t11-,12+,13+/m0/s1. The second-order valence-corrected chi connectivity index (χ2v) is 7.91. The Labute approximate surface area is 157 Å². The molecule has 1 saturated carbocycles. The minimum absolute atomic E-state index is 0.0800. The summed E-state index contributed by atoms with van der Waals surface area (Å²) in [5.74, 6) is 1.74. The third kappa shape index (κ3) is 4.10. The van der Waals surface area contributed by atoms with Gasteiger partial charge in [0, 0.05) is 18.9 Å². The van der Waals surface area contributed by atoms with E-state index in [9.17, 15) is 10.2 Å². The van der Waals surface area contributed by atoms with Gasteiger partial charge in [0.2, 0.25) is 0 Å². The van der Waals surface area contributed by atoms with Gasteiger partial charge >= 0.3 is 0 Å². The highest BCUT2D eigenvalue weighted by Gasteiger charge is 2.36. The molecule has 3 rings (SSSR count). The van der Waals surface area contributed by atoms with Crippen molar-refractivity contribution >= 4 is 28.7 Å². The average molecular weight is 381 g/mol. The van der Waals surface area contributed by atoms with Crippen LogP contribution in [0.15, 0.2) is 5.16 Å². The number of aliphatic hydroxyl groups is 2. The van der Waals surface area contributed by atoms with Gasteiger partial charge < -0.3 is 15.5 Å². The minimum Gasteiger partial charge on any atom is -0.396 e. The topological polar surface area (TPSA) is 109 Å². The Morgan fingerprint density at radius 1 is 1.23 bits per heavy atom. The van der Waals surface area contributed by atoms with Crippen LogP contribution in [0, 0.1) is 5.92 Å². The van der Waals surface area contributed by atoms with Crippen molar-refractivity contribution in [3.05, 3.63) is 0 Å². The zero-order valence-electron chi connectivity index (χ0n) is 15.4. The number of rotatable bonds is 9. The van der Waals surface area contributed by atoms with Crippen LogP contribution in [0.4, 0.5) is 5.82 Å². The molecule has 0 spiro atoms. The van der Waals surface area contributed by atoms with Gasteiger partial charge in [0.25, 0.3) is 0 Å². The van der Waals surface area contributed by atoms with Gasteiger partial charge in [-0.3, -0.25) is 0 Å². The van der Waals surface area contributed by atoms with E-state index in [-0.39, 0.29) is 18.6 Å². The van der Waals surface area contributed by atoms with E-state index in [0.717, 1.165) is 31.6 Å². The highest BCUT2D eigenvalue weighted by Crippen LogP contribution is 2.36. The first-order valence-electron chi connectivity index (χ1n) is 9.46. The second kappa shape index (κ2) is 8.96. The molecular weight excluding hydrogens is 352 g/mol. The molecule has 3 N–H and O–H groups in total. The van der Waals surface area contributed by atoms with Crippen molar-refractivity contribution in [1.29, 1.82) is 0 Å². The number of hydrogen-bond donors (Lipinski definition) is 3. The SMILES string of the molecule is CCCCNc1nc(SCCC)nc2c1nnn2[C@@H]1C[C@H](CO)C[C@H]1O. The largest absolute Gasteiger partial charge is 0.396 e. The zero-order valence-corrected chi connectivity index (χ0v) is 16.2. The van der Waals surface area contributed by atoms with Gasteiger partial charge in [-0.2, -0.15) is 0 Å². The van der Waals surface area contributed by atoms with Gasteiger partial charge in [0.15, 0.2) is 22.1 Å². The molecule has 0 amide bonds. The lowest BCUT2D eigenvalue weighted by molar-refractivity contribution is 0.127. The molecule has 2 aromatic rings. The predicted octanol–water partition coefficient (Wildman–Crippen LogP) is 2.24. The first kappa shape index (κ1) is 19.3. The molecule has 1 fully saturated rings. The average Bonchev–Trinajstić information content (AvgIpc) is 3.23. The highest BCUT2D eigenvalue weighted by atomic mass is 32.2. The molecule has 3 atom stereocenters. The molecule has 1 aliphatic rings. The van der Waals surface area contributed by atoms with Gasteiger partial charge in [0.1, 0.15) is 0 Å². The summed E-state index contributed by atoms with van der Waals surface area (Å²) in [7, 11) is 0. The molecule has 0 saturated heterocycles. The molecule has 0 unspecified atom stereocenters. The number of anilines is 1. The highest BCUT2D eigenvalue weighted by molar-refractivity contribution is 7.99. The summed E-state index contributed by atoms with van der Waals surface area (Å²) < 4.78 is 1.72. The van der Waals surface area contributed by atoms with Crippen LogP contribution in [0.3, 0.4) is 0 Å². The fraction of sp³-hybridized carbons (Fsp3) is 0.765. The van der Waals surface area contributed by atoms with Crippen molar-refractivity contribution in [2.45, 2.75) is 63.3 Å². The number of thioether (sulfide) groups is 1. The van der Waals surface area contributed by atoms with Crippen LogP contribution in [-0.2, 0) is 0 Å². The summed E-state index contributed by atoms with van der Waals surface area (Å²) in [6, 6.07) is -0.209. The first-order chi connectivity index (χ1) is 12.7. The maximum absolute atomic E-state index is 10.4. The molecule has 0 aliphatic heterocycles. The van der Waals surface area contributed by atoms with E-state index in [4.69, 9.17) is 0 Å². The molecule has 1 aliphatic carbocycles. The van der Waals surface area contributed by atoms with Crippen molar-refractivity contribution in [2.75, 3.05) is 24.2 Å². The van der Waals surface area contributed by atoms with Crippen LogP contribution in [-0.4, -0.2) is 60.2 Å². The van der Waals surface area contributed by atoms with Gasteiger partial charge in [0.05, 0.1) is 12.1 Å². The summed E-state index contributed by atoms with van der Waals surface area (Å²) in [5, 5.41) is 32.5. The molecular formula is C17H28N6O2S. The van der Waals surface area contributed by atoms with Crippen molar-refractivity contribution in [3.8, 4) is 0 Å². The Bertz CT molecular complexity index is 725. The first-order valence-corrected chi connectivity index (χ1v) is 10.4. The predicted molar refractivity (Wildman–Crippen MR) is 102 cm³/mol. The fourth-order valence-corrected chi connectivity index (χ4v) is 4.00. The molecule has 9 heteroatoms. The number of aromatic nitrogens is 5. The summed E-state index contributed by atoms with van der Waals surface area (Å²) in [6.45, 7) is 5.18. The quantitative estimate of drug-likeness (QED) is 0.345. The number of nitrogens with one attached hydrogen (secondary N) is 1. The number of unbranched alkanes of at least 4 members (excludes halogenated alkanes) is 1. The lowest BCUT2D eigenvalue weighted by Crippen LogP contribution is -2.20. The van der Waals surface area contributed by atoms with E-state index in [1.165, 1.54) is 0 Å². The van der Waals surface area contributed by atoms with Crippen molar-refractivity contribution in [2.24, 2.45) is 5.92 Å². The normalized spacial score (nSPS) is 23.0. The number of aliphatic hydroxyl groups excluding tert-OH is 2. The molecule has 144 valence electrons. The van der Waals surface area contributed by atoms with Gasteiger partial charge in [-0.25, -0.2) is 14.6 Å². The van der Waals surface area contributed by atoms with Crippen LogP contribution >= 0.6 is 11.8 Å². The Hall–Kier alpha value is -1.45. The summed E-state index contributed by atoms with van der Waals surface area (Å²) in [5.41, 5.74) is 1.29. The third-order valence-corrected chi connectivity index (χ3v) is 5.78. The van der Waals surface area contributed by atoms with Crippen molar-refractivity contribution in [3.63, 3.8) is 0 Å². The van der Waals surface area contributed by atoms with Crippen LogP contribution in [0.25, 0.3) is 11.2 Å². The van der Waals surface area contributed by atoms with E-state index in [0.29, 0.717) is 35.0 Å². The Morgan fingerprint density at radius 2 is 2.08 bits per heavy atom. The lowest BCUT2D eigenvalue weighted by Gasteiger charge is -2.15. The van der Waals surface area contributed by atoms with E-state index < -0.39 is 6.10 Å². The Balaban J connectivity index is 1.95. The van der Waals surface area contributed by atoms with E-state index in [1.54, 1.807) is 16.4 Å². The number of hydrogen-bond acceptors (Lipinski definition) is 8. The fourth-order valence-electron chi connectivity index (χ4n) is 3.30. The maximum Gasteiger partial charge on any atom is 0.191 e. The van der Waals surface area contributed by atoms with Crippen LogP contribution in [0.1, 0.15) is 52.0 Å². The summed E-state index contributed by atoms with van der Waals surface area (Å²) in [6.07, 6.45) is 3.90. The zero-order chi connectivity index (χ0) is 18.5. The molecule has 0 aromatic carbocycles. The molecule has 0 bridgehead atoms. The second-order valence-electron chi connectivity index (χ2n) is 6.84. The Kier molecular flexibility index (Phi) is 6.66. The van der Waals surface area contributed by atoms with Crippen molar-refractivity contribution < 1.29 is 10.2 Å².